The lowest BCUT2D eigenvalue weighted by Crippen LogP contribution is -2.03. The minimum Gasteiger partial charge on any atom is -0.260 e. The summed E-state index contributed by atoms with van der Waals surface area (Å²) in [5.74, 6) is 0. The van der Waals surface area contributed by atoms with Gasteiger partial charge in [0.25, 0.3) is 5.69 Å². The van der Waals surface area contributed by atoms with Crippen LogP contribution in [-0.2, 0) is 6.54 Å². The van der Waals surface area contributed by atoms with Crippen LogP contribution in [0.15, 0.2) is 60.9 Å². The van der Waals surface area contributed by atoms with Gasteiger partial charge in [-0.1, -0.05) is 24.3 Å². The van der Waals surface area contributed by atoms with Gasteiger partial charge in [-0.3, -0.25) is 19.8 Å². The minimum atomic E-state index is -0.393. The van der Waals surface area contributed by atoms with Gasteiger partial charge in [-0.25, -0.2) is 0 Å². The summed E-state index contributed by atoms with van der Waals surface area (Å²) >= 11 is 0. The normalized spacial score (nSPS) is 11.1. The summed E-state index contributed by atoms with van der Waals surface area (Å²) in [4.78, 5) is 15.0. The van der Waals surface area contributed by atoms with E-state index in [2.05, 4.69) is 10.1 Å². The Balaban J connectivity index is 1.83. The van der Waals surface area contributed by atoms with Crippen molar-refractivity contribution >= 4 is 27.5 Å². The van der Waals surface area contributed by atoms with Gasteiger partial charge in [0.2, 0.25) is 0 Å². The Kier molecular flexibility index (Phi) is 3.01. The Bertz CT molecular complexity index is 1030. The molecule has 0 fully saturated rings. The maximum Gasteiger partial charge on any atom is 0.271 e. The monoisotopic (exact) mass is 304 g/mol. The largest absolute Gasteiger partial charge is 0.271 e. The molecular formula is C17H12N4O2. The highest BCUT2D eigenvalue weighted by molar-refractivity contribution is 5.83. The molecule has 0 saturated carbocycles. The first kappa shape index (κ1) is 13.4. The Labute approximate surface area is 131 Å². The molecule has 112 valence electrons. The average Bonchev–Trinajstić information content (AvgIpc) is 2.97. The maximum atomic E-state index is 11.0. The van der Waals surface area contributed by atoms with Crippen LogP contribution in [0.1, 0.15) is 5.56 Å². The van der Waals surface area contributed by atoms with Crippen molar-refractivity contribution in [1.82, 2.24) is 14.8 Å². The van der Waals surface area contributed by atoms with Gasteiger partial charge in [0.05, 0.1) is 28.7 Å². The first-order valence-electron chi connectivity index (χ1n) is 7.15. The Hall–Kier alpha value is -3.28. The molecule has 6 nitrogen and oxygen atoms in total. The van der Waals surface area contributed by atoms with Crippen LogP contribution in [0.4, 0.5) is 5.69 Å². The lowest BCUT2D eigenvalue weighted by atomic mass is 10.1. The molecule has 23 heavy (non-hydrogen) atoms. The van der Waals surface area contributed by atoms with E-state index in [4.69, 9.17) is 0 Å². The standard InChI is InChI=1S/C17H12N4O2/c22-21(23)15-7-6-13-10-19-20(16(13)9-15)11-14-4-1-3-12-5-2-8-18-17(12)14/h1-10H,11H2. The number of benzene rings is 2. The molecule has 2 heterocycles. The second-order valence-electron chi connectivity index (χ2n) is 5.29. The molecule has 0 aliphatic heterocycles. The number of rotatable bonds is 3. The van der Waals surface area contributed by atoms with E-state index < -0.39 is 4.92 Å². The number of pyridine rings is 1. The molecular weight excluding hydrogens is 292 g/mol. The molecule has 6 heteroatoms. The van der Waals surface area contributed by atoms with E-state index in [1.165, 1.54) is 6.07 Å². The molecule has 2 aromatic carbocycles. The molecule has 2 aromatic heterocycles. The van der Waals surface area contributed by atoms with Gasteiger partial charge < -0.3 is 0 Å². The lowest BCUT2D eigenvalue weighted by Gasteiger charge is -2.07. The average molecular weight is 304 g/mol. The zero-order chi connectivity index (χ0) is 15.8. The SMILES string of the molecule is O=[N+]([O-])c1ccc2cnn(Cc3cccc4cccnc34)c2c1. The minimum absolute atomic E-state index is 0.0651. The molecule has 0 aliphatic carbocycles. The predicted molar refractivity (Wildman–Crippen MR) is 87.2 cm³/mol. The van der Waals surface area contributed by atoms with Crippen LogP contribution in [0.3, 0.4) is 0 Å². The van der Waals surface area contributed by atoms with Gasteiger partial charge in [0, 0.05) is 29.1 Å². The molecule has 0 atom stereocenters. The third-order valence-electron chi connectivity index (χ3n) is 3.88. The maximum absolute atomic E-state index is 11.0. The van der Waals surface area contributed by atoms with Gasteiger partial charge in [0.15, 0.2) is 0 Å². The molecule has 4 aromatic rings. The number of para-hydroxylation sites is 1. The van der Waals surface area contributed by atoms with E-state index in [1.807, 2.05) is 30.3 Å². The van der Waals surface area contributed by atoms with Crippen molar-refractivity contribution in [3.63, 3.8) is 0 Å². The lowest BCUT2D eigenvalue weighted by molar-refractivity contribution is -0.384. The summed E-state index contributed by atoms with van der Waals surface area (Å²) in [7, 11) is 0. The summed E-state index contributed by atoms with van der Waals surface area (Å²) < 4.78 is 1.77. The number of non-ortho nitro benzene ring substituents is 1. The Morgan fingerprint density at radius 3 is 2.83 bits per heavy atom. The van der Waals surface area contributed by atoms with Gasteiger partial charge in [0.1, 0.15) is 0 Å². The Morgan fingerprint density at radius 1 is 1.09 bits per heavy atom. The van der Waals surface area contributed by atoms with Crippen molar-refractivity contribution in [3.8, 4) is 0 Å². The molecule has 0 saturated heterocycles. The molecule has 0 bridgehead atoms. The quantitative estimate of drug-likeness (QED) is 0.428. The molecule has 0 amide bonds. The summed E-state index contributed by atoms with van der Waals surface area (Å²) in [6.07, 6.45) is 3.48. The highest BCUT2D eigenvalue weighted by atomic mass is 16.6. The Morgan fingerprint density at radius 2 is 1.96 bits per heavy atom. The zero-order valence-corrected chi connectivity index (χ0v) is 12.1. The second kappa shape index (κ2) is 5.17. The molecule has 0 N–H and O–H groups in total. The van der Waals surface area contributed by atoms with Crippen molar-refractivity contribution in [2.45, 2.75) is 6.54 Å². The van der Waals surface area contributed by atoms with E-state index in [0.29, 0.717) is 6.54 Å². The smallest absolute Gasteiger partial charge is 0.260 e. The number of hydrogen-bond acceptors (Lipinski definition) is 4. The van der Waals surface area contributed by atoms with Gasteiger partial charge in [-0.15, -0.1) is 0 Å². The molecule has 0 spiro atoms. The van der Waals surface area contributed by atoms with Gasteiger partial charge >= 0.3 is 0 Å². The van der Waals surface area contributed by atoms with Crippen LogP contribution in [-0.4, -0.2) is 19.7 Å². The number of nitro groups is 1. The highest BCUT2D eigenvalue weighted by Crippen LogP contribution is 2.23. The number of nitrogens with zero attached hydrogens (tertiary/aromatic N) is 4. The van der Waals surface area contributed by atoms with E-state index >= 15 is 0 Å². The highest BCUT2D eigenvalue weighted by Gasteiger charge is 2.11. The third-order valence-corrected chi connectivity index (χ3v) is 3.88. The van der Waals surface area contributed by atoms with Crippen LogP contribution < -0.4 is 0 Å². The topological polar surface area (TPSA) is 73.8 Å². The zero-order valence-electron chi connectivity index (χ0n) is 12.1. The molecule has 4 rings (SSSR count). The number of nitro benzene ring substituents is 1. The second-order valence-corrected chi connectivity index (χ2v) is 5.29. The molecule has 0 aliphatic rings. The fourth-order valence-electron chi connectivity index (χ4n) is 2.75. The fourth-order valence-corrected chi connectivity index (χ4v) is 2.75. The van der Waals surface area contributed by atoms with E-state index in [1.54, 1.807) is 29.2 Å². The summed E-state index contributed by atoms with van der Waals surface area (Å²) in [5.41, 5.74) is 2.76. The van der Waals surface area contributed by atoms with E-state index in [0.717, 1.165) is 27.4 Å². The molecule has 0 radical (unpaired) electrons. The number of fused-ring (bicyclic) bond motifs is 2. The number of aromatic nitrogens is 3. The van der Waals surface area contributed by atoms with Crippen LogP contribution in [0, 0.1) is 10.1 Å². The fraction of sp³-hybridized carbons (Fsp3) is 0.0588. The molecule has 0 unspecified atom stereocenters. The van der Waals surface area contributed by atoms with Gasteiger partial charge in [-0.05, 0) is 17.7 Å². The summed E-state index contributed by atoms with van der Waals surface area (Å²) in [6, 6.07) is 14.7. The van der Waals surface area contributed by atoms with Gasteiger partial charge in [-0.2, -0.15) is 5.10 Å². The first-order valence-corrected chi connectivity index (χ1v) is 7.15. The van der Waals surface area contributed by atoms with E-state index in [-0.39, 0.29) is 5.69 Å². The number of hydrogen-bond donors (Lipinski definition) is 0. The van der Waals surface area contributed by atoms with Crippen LogP contribution in [0.25, 0.3) is 21.8 Å². The van der Waals surface area contributed by atoms with E-state index in [9.17, 15) is 10.1 Å². The van der Waals surface area contributed by atoms with Crippen molar-refractivity contribution in [2.75, 3.05) is 0 Å². The predicted octanol–water partition coefficient (Wildman–Crippen LogP) is 3.54. The summed E-state index contributed by atoms with van der Waals surface area (Å²) in [6.45, 7) is 0.513. The van der Waals surface area contributed by atoms with Crippen molar-refractivity contribution < 1.29 is 4.92 Å². The van der Waals surface area contributed by atoms with Crippen molar-refractivity contribution in [2.24, 2.45) is 0 Å². The van der Waals surface area contributed by atoms with Crippen molar-refractivity contribution in [1.29, 1.82) is 0 Å². The third kappa shape index (κ3) is 2.30. The van der Waals surface area contributed by atoms with Crippen LogP contribution >= 0.6 is 0 Å². The van der Waals surface area contributed by atoms with Crippen LogP contribution in [0.5, 0.6) is 0 Å². The van der Waals surface area contributed by atoms with Crippen LogP contribution in [0.2, 0.25) is 0 Å². The first-order chi connectivity index (χ1) is 11.2. The summed E-state index contributed by atoms with van der Waals surface area (Å²) in [5, 5.41) is 17.3. The van der Waals surface area contributed by atoms with Crippen molar-refractivity contribution in [3.05, 3.63) is 76.6 Å².